The van der Waals surface area contributed by atoms with Crippen molar-refractivity contribution in [2.45, 2.75) is 31.7 Å². The Morgan fingerprint density at radius 3 is 2.74 bits per heavy atom. The molecular weight excluding hydrogens is 482 g/mol. The van der Waals surface area contributed by atoms with Gasteiger partial charge in [0.1, 0.15) is 0 Å². The number of nitrogens with zero attached hydrogens (tertiary/aromatic N) is 3. The third-order valence-corrected chi connectivity index (χ3v) is 4.62. The van der Waals surface area contributed by atoms with Crippen LogP contribution in [0.15, 0.2) is 58.9 Å². The molecule has 3 N–H and O–H groups in total. The number of methoxy groups -OCH3 is 1. The topological polar surface area (TPSA) is 118 Å². The number of aromatic nitrogens is 2. The standard InChI is InChI=1S/C21H26N6O3.Tc/c1-15(12-16-6-5-10-23-13-16)24-11-4-3-7-18(21(29)30-2)26-20(28)17-8-9-19(27-22)25-14-17;/h5-6,8-10,13-14,18,24H,1,3-4,7,11-12H2,2H3,(H,25,27)(H,26,28);. The van der Waals surface area contributed by atoms with Gasteiger partial charge in [0.05, 0.1) is 0 Å². The van der Waals surface area contributed by atoms with E-state index in [9.17, 15) is 9.59 Å². The molecule has 0 fully saturated rings. The maximum absolute atomic E-state index is 12.5. The number of esters is 1. The quantitative estimate of drug-likeness (QED) is 0.216. The van der Waals surface area contributed by atoms with E-state index in [2.05, 4.69) is 36.3 Å². The van der Waals surface area contributed by atoms with Crippen molar-refractivity contribution in [1.82, 2.24) is 20.6 Å². The molecule has 2 rings (SSSR count). The van der Waals surface area contributed by atoms with E-state index in [1.165, 1.54) is 13.3 Å². The molecular formula is C21H26N6O3Tc. The van der Waals surface area contributed by atoms with Gasteiger partial charge >= 0.3 is 126 Å². The van der Waals surface area contributed by atoms with Crippen LogP contribution >= 0.6 is 0 Å². The Hall–Kier alpha value is -2.97. The molecule has 0 aromatic carbocycles. The number of nitrogens with one attached hydrogen (secondary N) is 3. The van der Waals surface area contributed by atoms with Gasteiger partial charge in [-0.2, -0.15) is 0 Å². The summed E-state index contributed by atoms with van der Waals surface area (Å²) in [6.45, 7) is 4.75. The minimum absolute atomic E-state index is 0.348. The van der Waals surface area contributed by atoms with Crippen LogP contribution in [0.3, 0.4) is 0 Å². The fourth-order valence-electron chi connectivity index (χ4n) is 2.82. The zero-order valence-corrected chi connectivity index (χ0v) is 19.2. The van der Waals surface area contributed by atoms with Gasteiger partial charge in [-0.1, -0.05) is 12.6 Å². The predicted octanol–water partition coefficient (Wildman–Crippen LogP) is 2.32. The molecule has 165 valence electrons. The Balaban J connectivity index is 1.76. The van der Waals surface area contributed by atoms with E-state index >= 15 is 0 Å². The summed E-state index contributed by atoms with van der Waals surface area (Å²) in [6, 6.07) is 6.42. The summed E-state index contributed by atoms with van der Waals surface area (Å²) in [5.74, 6) is -0.339. The third-order valence-electron chi connectivity index (χ3n) is 4.41. The molecule has 0 aliphatic carbocycles. The van der Waals surface area contributed by atoms with Crippen LogP contribution in [-0.4, -0.2) is 41.5 Å². The van der Waals surface area contributed by atoms with Crippen LogP contribution in [0.1, 0.15) is 35.2 Å². The van der Waals surface area contributed by atoms with Gasteiger partial charge in [0.15, 0.2) is 0 Å². The number of ether oxygens (including phenoxy) is 1. The number of hydrogen-bond donors (Lipinski definition) is 3. The van der Waals surface area contributed by atoms with E-state index in [0.717, 1.165) is 30.6 Å². The molecule has 1 amide bonds. The van der Waals surface area contributed by atoms with Gasteiger partial charge in [0.25, 0.3) is 0 Å². The molecule has 0 aliphatic heterocycles. The van der Waals surface area contributed by atoms with Crippen molar-refractivity contribution in [1.29, 1.82) is 0 Å². The van der Waals surface area contributed by atoms with Gasteiger partial charge in [-0.05, 0) is 11.6 Å². The third kappa shape index (κ3) is 8.73. The molecule has 0 radical (unpaired) electrons. The molecule has 9 nitrogen and oxygen atoms in total. The van der Waals surface area contributed by atoms with E-state index in [-0.39, 0.29) is 5.91 Å². The average Bonchev–Trinajstić information content (AvgIpc) is 2.78. The number of carbonyl (C=O) groups excluding carboxylic acids is 2. The average molecular weight is 508 g/mol. The van der Waals surface area contributed by atoms with Gasteiger partial charge in [-0.25, -0.2) is 0 Å². The number of pyridine rings is 2. The van der Waals surface area contributed by atoms with Crippen molar-refractivity contribution in [3.63, 3.8) is 0 Å². The van der Waals surface area contributed by atoms with Gasteiger partial charge in [0.2, 0.25) is 0 Å². The summed E-state index contributed by atoms with van der Waals surface area (Å²) >= 11 is 1.80. The molecule has 10 heteroatoms. The van der Waals surface area contributed by atoms with Crippen molar-refractivity contribution in [2.75, 3.05) is 19.1 Å². The van der Waals surface area contributed by atoms with Crippen LogP contribution in [0.25, 0.3) is 0 Å². The van der Waals surface area contributed by atoms with Gasteiger partial charge in [-0.3, -0.25) is 4.98 Å². The fraction of sp³-hybridized carbons (Fsp3) is 0.333. The summed E-state index contributed by atoms with van der Waals surface area (Å²) in [6.07, 6.45) is 7.70. The second-order valence-corrected chi connectivity index (χ2v) is 7.16. The molecule has 0 spiro atoms. The normalized spacial score (nSPS) is 11.1. The zero-order chi connectivity index (χ0) is 22.5. The molecule has 31 heavy (non-hydrogen) atoms. The summed E-state index contributed by atoms with van der Waals surface area (Å²) in [4.78, 5) is 32.7. The van der Waals surface area contributed by atoms with E-state index in [1.807, 2.05) is 18.3 Å². The molecule has 0 aliphatic rings. The van der Waals surface area contributed by atoms with Gasteiger partial charge in [0, 0.05) is 31.1 Å². The van der Waals surface area contributed by atoms with E-state index < -0.39 is 12.0 Å². The zero-order valence-electron chi connectivity index (χ0n) is 17.3. The molecule has 2 aromatic rings. The first-order valence-electron chi connectivity index (χ1n) is 9.75. The predicted molar refractivity (Wildman–Crippen MR) is 112 cm³/mol. The molecule has 1 unspecified atom stereocenters. The fourth-order valence-corrected chi connectivity index (χ4v) is 3.03. The number of unbranched alkanes of at least 4 members (excludes halogenated alkanes) is 1. The second kappa shape index (κ2) is 13.4. The number of anilines is 1. The molecule has 0 saturated carbocycles. The number of allylic oxidation sites excluding steroid dienone is 1. The summed E-state index contributed by atoms with van der Waals surface area (Å²) in [7, 11) is 1.31. The van der Waals surface area contributed by atoms with Crippen molar-refractivity contribution in [2.24, 2.45) is 3.72 Å². The van der Waals surface area contributed by atoms with Gasteiger partial charge in [-0.15, -0.1) is 0 Å². The van der Waals surface area contributed by atoms with Crippen LogP contribution < -0.4 is 16.1 Å². The van der Waals surface area contributed by atoms with Crippen molar-refractivity contribution >= 4 is 17.7 Å². The van der Waals surface area contributed by atoms with Gasteiger partial charge < -0.3 is 5.32 Å². The van der Waals surface area contributed by atoms with Crippen LogP contribution in [0.4, 0.5) is 5.82 Å². The Bertz CT molecular complexity index is 876. The van der Waals surface area contributed by atoms with Crippen molar-refractivity contribution in [3.05, 3.63) is 66.3 Å². The maximum atomic E-state index is 12.5. The SMILES string of the molecule is C=C(Cc1cccnc1)NCCCCC(NC(=O)c1ccc(N[N]=[Tc])nc1)C(=O)OC. The monoisotopic (exact) mass is 507 g/mol. The van der Waals surface area contributed by atoms with Crippen molar-refractivity contribution < 1.29 is 33.0 Å². The second-order valence-electron chi connectivity index (χ2n) is 6.74. The first kappa shape index (κ1) is 24.3. The first-order valence-corrected chi connectivity index (χ1v) is 10.6. The Kier molecular flexibility index (Phi) is 10.5. The first-order chi connectivity index (χ1) is 15.0. The Morgan fingerprint density at radius 1 is 1.26 bits per heavy atom. The van der Waals surface area contributed by atoms with E-state index in [4.69, 9.17) is 4.74 Å². The Labute approximate surface area is 192 Å². The summed E-state index contributed by atoms with van der Waals surface area (Å²) < 4.78 is 8.56. The molecule has 2 heterocycles. The summed E-state index contributed by atoms with van der Waals surface area (Å²) in [5, 5.41) is 6.01. The Morgan fingerprint density at radius 2 is 2.10 bits per heavy atom. The minimum atomic E-state index is -0.724. The number of rotatable bonds is 13. The molecule has 0 bridgehead atoms. The number of carbonyl (C=O) groups is 2. The van der Waals surface area contributed by atoms with E-state index in [0.29, 0.717) is 24.2 Å². The van der Waals surface area contributed by atoms with Crippen LogP contribution in [-0.2, 0) is 34.7 Å². The molecule has 2 aromatic heterocycles. The summed E-state index contributed by atoms with van der Waals surface area (Å²) in [5.41, 5.74) is 5.03. The van der Waals surface area contributed by atoms with E-state index in [1.54, 1.807) is 37.0 Å². The number of amides is 1. The number of hydrogen-bond acceptors (Lipinski definition) is 8. The molecule has 1 atom stereocenters. The van der Waals surface area contributed by atoms with Crippen LogP contribution in [0.5, 0.6) is 0 Å². The molecule has 0 saturated heterocycles. The van der Waals surface area contributed by atoms with Crippen LogP contribution in [0, 0.1) is 0 Å². The van der Waals surface area contributed by atoms with Crippen molar-refractivity contribution in [3.8, 4) is 0 Å². The van der Waals surface area contributed by atoms with Crippen LogP contribution in [0.2, 0.25) is 0 Å².